The first kappa shape index (κ1) is 19.4. The predicted molar refractivity (Wildman–Crippen MR) is 94.1 cm³/mol. The summed E-state index contributed by atoms with van der Waals surface area (Å²) in [5.41, 5.74) is 1.85. The first-order chi connectivity index (χ1) is 12.6. The Bertz CT molecular complexity index is 974. The lowest BCUT2D eigenvalue weighted by molar-refractivity contribution is -0.121. The fraction of sp³-hybridized carbons (Fsp3) is 0.278. The molecule has 0 radical (unpaired) electrons. The number of nitrogens with one attached hydrogen (secondary N) is 1. The summed E-state index contributed by atoms with van der Waals surface area (Å²) in [6.07, 6.45) is -4.00. The highest BCUT2D eigenvalue weighted by molar-refractivity contribution is 7.89. The van der Waals surface area contributed by atoms with Gasteiger partial charge in [0.05, 0.1) is 4.90 Å². The molecule has 0 unspecified atom stereocenters. The van der Waals surface area contributed by atoms with E-state index in [9.17, 15) is 26.4 Å². The molecule has 2 aromatic rings. The molecule has 144 valence electrons. The average Bonchev–Trinajstić information content (AvgIpc) is 2.95. The molecule has 0 saturated carbocycles. The number of rotatable bonds is 4. The van der Waals surface area contributed by atoms with E-state index in [0.29, 0.717) is 6.42 Å². The summed E-state index contributed by atoms with van der Waals surface area (Å²) in [5.74, 6) is -0.402. The van der Waals surface area contributed by atoms with Gasteiger partial charge in [0.15, 0.2) is 0 Å². The van der Waals surface area contributed by atoms with E-state index in [-0.39, 0.29) is 11.6 Å². The zero-order chi connectivity index (χ0) is 19.8. The van der Waals surface area contributed by atoms with Gasteiger partial charge in [0.1, 0.15) is 6.54 Å². The van der Waals surface area contributed by atoms with E-state index < -0.39 is 33.5 Å². The van der Waals surface area contributed by atoms with Gasteiger partial charge in [0.25, 0.3) is 5.91 Å². The highest BCUT2D eigenvalue weighted by atomic mass is 32.2. The van der Waals surface area contributed by atoms with Gasteiger partial charge < -0.3 is 4.90 Å². The van der Waals surface area contributed by atoms with Crippen LogP contribution < -0.4 is 9.62 Å². The number of amides is 1. The third-order valence-electron chi connectivity index (χ3n) is 4.28. The van der Waals surface area contributed by atoms with E-state index in [1.54, 1.807) is 11.0 Å². The summed E-state index contributed by atoms with van der Waals surface area (Å²) in [5, 5.41) is 0. The molecule has 0 aromatic heterocycles. The van der Waals surface area contributed by atoms with E-state index in [2.05, 4.69) is 0 Å². The van der Waals surface area contributed by atoms with Crippen LogP contribution in [-0.4, -0.2) is 33.1 Å². The molecule has 1 aliphatic rings. The zero-order valence-electron chi connectivity index (χ0n) is 14.3. The van der Waals surface area contributed by atoms with E-state index >= 15 is 0 Å². The number of halogens is 3. The largest absolute Gasteiger partial charge is 0.402 e. The number of benzene rings is 2. The van der Waals surface area contributed by atoms with Crippen LogP contribution in [0.25, 0.3) is 0 Å². The molecule has 1 aliphatic heterocycles. The minimum absolute atomic E-state index is 0.0911. The number of carbonyl (C=O) groups excluding carboxylic acids is 1. The summed E-state index contributed by atoms with van der Waals surface area (Å²) in [6, 6.07) is 12.3. The fourth-order valence-corrected chi connectivity index (χ4v) is 4.13. The number of sulfonamides is 1. The minimum atomic E-state index is -4.67. The van der Waals surface area contributed by atoms with Crippen molar-refractivity contribution in [1.82, 2.24) is 4.72 Å². The Morgan fingerprint density at radius 2 is 1.89 bits per heavy atom. The second-order valence-electron chi connectivity index (χ2n) is 6.32. The molecule has 1 heterocycles. The summed E-state index contributed by atoms with van der Waals surface area (Å²) >= 11 is 0. The van der Waals surface area contributed by atoms with Gasteiger partial charge >= 0.3 is 6.18 Å². The van der Waals surface area contributed by atoms with Crippen molar-refractivity contribution in [1.29, 1.82) is 0 Å². The second kappa shape index (κ2) is 6.97. The molecule has 0 saturated heterocycles. The maximum absolute atomic E-state index is 12.9. The van der Waals surface area contributed by atoms with Gasteiger partial charge in [-0.15, -0.1) is 0 Å². The van der Waals surface area contributed by atoms with Crippen LogP contribution in [0.5, 0.6) is 0 Å². The molecule has 1 amide bonds. The Morgan fingerprint density at radius 3 is 2.59 bits per heavy atom. The Balaban J connectivity index is 1.89. The van der Waals surface area contributed by atoms with Gasteiger partial charge in [-0.3, -0.25) is 4.79 Å². The van der Waals surface area contributed by atoms with E-state index in [4.69, 9.17) is 0 Å². The molecule has 1 N–H and O–H groups in total. The number of anilines is 1. The standard InChI is InChI=1S/C18H17F3N2O3S/c1-12-9-13-5-2-3-8-16(13)23(12)17(24)14-6-4-7-15(10-14)27(25,26)22-11-18(19,20)21/h2-8,10,12,22H,9,11H2,1H3/t12-/m1/s1. The fourth-order valence-electron chi connectivity index (χ4n) is 3.07. The normalized spacial score (nSPS) is 17.0. The van der Waals surface area contributed by atoms with Gasteiger partial charge in [-0.05, 0) is 43.2 Å². The number of alkyl halides is 3. The SMILES string of the molecule is C[C@@H]1Cc2ccccc2N1C(=O)c1cccc(S(=O)(=O)NCC(F)(F)F)c1. The molecule has 0 aliphatic carbocycles. The first-order valence-electron chi connectivity index (χ1n) is 8.16. The summed E-state index contributed by atoms with van der Waals surface area (Å²) in [4.78, 5) is 14.1. The number of fused-ring (bicyclic) bond motifs is 1. The van der Waals surface area contributed by atoms with Crippen molar-refractivity contribution in [3.63, 3.8) is 0 Å². The number of hydrogen-bond donors (Lipinski definition) is 1. The van der Waals surface area contributed by atoms with Crippen molar-refractivity contribution in [2.24, 2.45) is 0 Å². The van der Waals surface area contributed by atoms with Gasteiger partial charge in [-0.2, -0.15) is 13.2 Å². The molecule has 0 fully saturated rings. The van der Waals surface area contributed by atoms with E-state index in [1.165, 1.54) is 16.9 Å². The lowest BCUT2D eigenvalue weighted by Gasteiger charge is -2.23. The number of nitrogens with zero attached hydrogens (tertiary/aromatic N) is 1. The van der Waals surface area contributed by atoms with Crippen LogP contribution in [0.1, 0.15) is 22.8 Å². The van der Waals surface area contributed by atoms with Crippen LogP contribution in [-0.2, 0) is 16.4 Å². The quantitative estimate of drug-likeness (QED) is 0.861. The van der Waals surface area contributed by atoms with Crippen LogP contribution in [0.15, 0.2) is 53.4 Å². The molecule has 2 aromatic carbocycles. The first-order valence-corrected chi connectivity index (χ1v) is 9.65. The Hall–Kier alpha value is -2.39. The molecule has 5 nitrogen and oxygen atoms in total. The highest BCUT2D eigenvalue weighted by Gasteiger charge is 2.33. The Kier molecular flexibility index (Phi) is 5.00. The van der Waals surface area contributed by atoms with Crippen LogP contribution in [0.2, 0.25) is 0 Å². The monoisotopic (exact) mass is 398 g/mol. The second-order valence-corrected chi connectivity index (χ2v) is 8.09. The molecular weight excluding hydrogens is 381 g/mol. The molecule has 0 spiro atoms. The summed E-state index contributed by atoms with van der Waals surface area (Å²) in [6.45, 7) is 0.202. The van der Waals surface area contributed by atoms with Crippen LogP contribution in [0, 0.1) is 0 Å². The van der Waals surface area contributed by atoms with E-state index in [0.717, 1.165) is 23.4 Å². The van der Waals surface area contributed by atoms with Crippen molar-refractivity contribution in [3.05, 3.63) is 59.7 Å². The minimum Gasteiger partial charge on any atom is -0.305 e. The molecule has 3 rings (SSSR count). The number of para-hydroxylation sites is 1. The molecule has 9 heteroatoms. The predicted octanol–water partition coefficient (Wildman–Crippen LogP) is 3.12. The van der Waals surface area contributed by atoms with Crippen molar-refractivity contribution < 1.29 is 26.4 Å². The van der Waals surface area contributed by atoms with Crippen molar-refractivity contribution in [2.75, 3.05) is 11.4 Å². The van der Waals surface area contributed by atoms with Gasteiger partial charge in [-0.25, -0.2) is 13.1 Å². The Morgan fingerprint density at radius 1 is 1.19 bits per heavy atom. The average molecular weight is 398 g/mol. The van der Waals surface area contributed by atoms with Crippen molar-refractivity contribution >= 4 is 21.6 Å². The molecule has 1 atom stereocenters. The lowest BCUT2D eigenvalue weighted by atomic mass is 10.1. The van der Waals surface area contributed by atoms with Gasteiger partial charge in [0, 0.05) is 17.3 Å². The lowest BCUT2D eigenvalue weighted by Crippen LogP contribution is -2.36. The third-order valence-corrected chi connectivity index (χ3v) is 5.68. The maximum atomic E-state index is 12.9. The van der Waals surface area contributed by atoms with Crippen LogP contribution >= 0.6 is 0 Å². The number of hydrogen-bond acceptors (Lipinski definition) is 3. The van der Waals surface area contributed by atoms with E-state index in [1.807, 2.05) is 25.1 Å². The topological polar surface area (TPSA) is 66.5 Å². The van der Waals surface area contributed by atoms with Crippen molar-refractivity contribution in [3.8, 4) is 0 Å². The highest BCUT2D eigenvalue weighted by Crippen LogP contribution is 2.33. The molecular formula is C18H17F3N2O3S. The van der Waals surface area contributed by atoms with Crippen LogP contribution in [0.4, 0.5) is 18.9 Å². The smallest absolute Gasteiger partial charge is 0.305 e. The number of carbonyl (C=O) groups is 1. The Labute approximate surface area is 154 Å². The zero-order valence-corrected chi connectivity index (χ0v) is 15.1. The summed E-state index contributed by atoms with van der Waals surface area (Å²) < 4.78 is 62.6. The molecule has 0 bridgehead atoms. The van der Waals surface area contributed by atoms with Gasteiger partial charge in [0.2, 0.25) is 10.0 Å². The summed E-state index contributed by atoms with van der Waals surface area (Å²) in [7, 11) is -4.39. The van der Waals surface area contributed by atoms with Crippen LogP contribution in [0.3, 0.4) is 0 Å². The van der Waals surface area contributed by atoms with Gasteiger partial charge in [-0.1, -0.05) is 24.3 Å². The third kappa shape index (κ3) is 4.14. The maximum Gasteiger partial charge on any atom is 0.402 e. The molecule has 27 heavy (non-hydrogen) atoms. The van der Waals surface area contributed by atoms with Crippen molar-refractivity contribution in [2.45, 2.75) is 30.5 Å².